The van der Waals surface area contributed by atoms with Gasteiger partial charge < -0.3 is 0 Å². The van der Waals surface area contributed by atoms with Crippen molar-refractivity contribution in [1.82, 2.24) is 0 Å². The van der Waals surface area contributed by atoms with Crippen molar-refractivity contribution in [2.24, 2.45) is 0 Å². The molecule has 1 aliphatic rings. The van der Waals surface area contributed by atoms with E-state index in [1.54, 1.807) is 0 Å². The third kappa shape index (κ3) is 3.60. The first-order valence-electron chi connectivity index (χ1n) is 13.0. The van der Waals surface area contributed by atoms with Gasteiger partial charge in [-0.2, -0.15) is 0 Å². The van der Waals surface area contributed by atoms with Crippen molar-refractivity contribution in [2.75, 3.05) is 0 Å². The second kappa shape index (κ2) is 8.95. The maximum absolute atomic E-state index is 2.37. The Hall–Kier alpha value is -3.90. The van der Waals surface area contributed by atoms with Gasteiger partial charge in [0.1, 0.15) is 0 Å². The molecule has 0 saturated carbocycles. The van der Waals surface area contributed by atoms with Crippen LogP contribution in [0.5, 0.6) is 0 Å². The van der Waals surface area contributed by atoms with Gasteiger partial charge >= 0.3 is 0 Å². The molecule has 0 aliphatic heterocycles. The Bertz CT molecular complexity index is 1470. The minimum absolute atomic E-state index is 0.322. The summed E-state index contributed by atoms with van der Waals surface area (Å²) in [5.41, 5.74) is 14.5. The Kier molecular flexibility index (Phi) is 5.61. The summed E-state index contributed by atoms with van der Waals surface area (Å²) < 4.78 is 0. The molecule has 0 atom stereocenters. The van der Waals surface area contributed by atoms with Gasteiger partial charge in [-0.25, -0.2) is 0 Å². The van der Waals surface area contributed by atoms with Crippen molar-refractivity contribution in [2.45, 2.75) is 39.0 Å². The maximum Gasteiger partial charge on any atom is 0.0713 e. The zero-order valence-corrected chi connectivity index (χ0v) is 21.4. The van der Waals surface area contributed by atoms with E-state index in [4.69, 9.17) is 0 Å². The Morgan fingerprint density at radius 3 is 1.47 bits per heavy atom. The van der Waals surface area contributed by atoms with Gasteiger partial charge in [-0.15, -0.1) is 0 Å². The molecule has 36 heavy (non-hydrogen) atoms. The Balaban J connectivity index is 1.53. The number of fused-ring (bicyclic) bond motifs is 3. The molecule has 0 nitrogen and oxygen atoms in total. The molecule has 5 aromatic rings. The van der Waals surface area contributed by atoms with E-state index in [0.29, 0.717) is 0 Å². The highest BCUT2D eigenvalue weighted by molar-refractivity contribution is 5.86. The lowest BCUT2D eigenvalue weighted by molar-refractivity contribution is 0.767. The minimum atomic E-state index is -0.322. The van der Waals surface area contributed by atoms with Crippen molar-refractivity contribution >= 4 is 0 Å². The Labute approximate surface area is 215 Å². The quantitative estimate of drug-likeness (QED) is 0.239. The van der Waals surface area contributed by atoms with Crippen LogP contribution in [0.1, 0.15) is 57.0 Å². The van der Waals surface area contributed by atoms with Gasteiger partial charge in [0.05, 0.1) is 5.41 Å². The molecule has 0 amide bonds. The van der Waals surface area contributed by atoms with E-state index in [1.807, 2.05) is 0 Å². The molecule has 0 saturated heterocycles. The second-order valence-electron chi connectivity index (χ2n) is 10.3. The molecule has 0 heterocycles. The molecule has 0 N–H and O–H groups in total. The highest BCUT2D eigenvalue weighted by Gasteiger charge is 2.45. The van der Waals surface area contributed by atoms with E-state index in [-0.39, 0.29) is 5.41 Å². The SMILES string of the molecule is CCc1ccc(C2(c3ccc(Cc4cc(C)cc(C)c4)cc3)c3ccccc3-c3ccccc32)cc1. The summed E-state index contributed by atoms with van der Waals surface area (Å²) in [6, 6.07) is 43.5. The number of rotatable bonds is 5. The van der Waals surface area contributed by atoms with E-state index >= 15 is 0 Å². The summed E-state index contributed by atoms with van der Waals surface area (Å²) >= 11 is 0. The Morgan fingerprint density at radius 1 is 0.500 bits per heavy atom. The number of benzene rings is 5. The lowest BCUT2D eigenvalue weighted by Gasteiger charge is -2.34. The van der Waals surface area contributed by atoms with Crippen molar-refractivity contribution in [3.05, 3.63) is 165 Å². The molecule has 0 radical (unpaired) electrons. The van der Waals surface area contributed by atoms with Crippen molar-refractivity contribution < 1.29 is 0 Å². The maximum atomic E-state index is 2.37. The first kappa shape index (κ1) is 22.6. The lowest BCUT2D eigenvalue weighted by Crippen LogP contribution is -2.28. The van der Waals surface area contributed by atoms with Crippen LogP contribution >= 0.6 is 0 Å². The monoisotopic (exact) mass is 464 g/mol. The summed E-state index contributed by atoms with van der Waals surface area (Å²) in [5, 5.41) is 0. The van der Waals surface area contributed by atoms with Gasteiger partial charge in [-0.3, -0.25) is 0 Å². The molecule has 0 fully saturated rings. The molecule has 0 bridgehead atoms. The summed E-state index contributed by atoms with van der Waals surface area (Å²) in [5.74, 6) is 0. The molecule has 1 aliphatic carbocycles. The first-order chi connectivity index (χ1) is 17.6. The summed E-state index contributed by atoms with van der Waals surface area (Å²) in [7, 11) is 0. The smallest absolute Gasteiger partial charge is 0.0619 e. The van der Waals surface area contributed by atoms with E-state index in [0.717, 1.165) is 12.8 Å². The molecule has 5 aromatic carbocycles. The zero-order valence-electron chi connectivity index (χ0n) is 21.4. The van der Waals surface area contributed by atoms with Crippen molar-refractivity contribution in [3.63, 3.8) is 0 Å². The van der Waals surface area contributed by atoms with Crippen LogP contribution in [-0.4, -0.2) is 0 Å². The largest absolute Gasteiger partial charge is 0.0713 e. The molecule has 6 rings (SSSR count). The van der Waals surface area contributed by atoms with Crippen LogP contribution in [0.3, 0.4) is 0 Å². The topological polar surface area (TPSA) is 0 Å². The standard InChI is InChI=1S/C36H32/c1-4-27-13-17-30(18-14-27)36(34-11-7-5-9-32(34)33-10-6-8-12-35(33)36)31-19-15-28(16-20-31)24-29-22-25(2)21-26(3)23-29/h5-23H,4,24H2,1-3H3. The molecule has 0 aromatic heterocycles. The van der Waals surface area contributed by atoms with Crippen LogP contribution in [0.4, 0.5) is 0 Å². The Morgan fingerprint density at radius 2 is 0.972 bits per heavy atom. The number of aryl methyl sites for hydroxylation is 3. The van der Waals surface area contributed by atoms with Gasteiger partial charge in [0.2, 0.25) is 0 Å². The van der Waals surface area contributed by atoms with Crippen LogP contribution in [0.2, 0.25) is 0 Å². The molecule has 0 spiro atoms. The van der Waals surface area contributed by atoms with Crippen LogP contribution in [-0.2, 0) is 18.3 Å². The summed E-state index contributed by atoms with van der Waals surface area (Å²) in [6.45, 7) is 6.59. The summed E-state index contributed by atoms with van der Waals surface area (Å²) in [4.78, 5) is 0. The molecule has 0 heteroatoms. The average molecular weight is 465 g/mol. The number of hydrogen-bond donors (Lipinski definition) is 0. The number of hydrogen-bond acceptors (Lipinski definition) is 0. The third-order valence-corrected chi connectivity index (χ3v) is 7.82. The fraction of sp³-hybridized carbons (Fsp3) is 0.167. The third-order valence-electron chi connectivity index (χ3n) is 7.82. The van der Waals surface area contributed by atoms with Crippen molar-refractivity contribution in [1.29, 1.82) is 0 Å². The van der Waals surface area contributed by atoms with Crippen LogP contribution in [0.15, 0.2) is 115 Å². The average Bonchev–Trinajstić information content (AvgIpc) is 3.20. The minimum Gasteiger partial charge on any atom is -0.0619 e. The van der Waals surface area contributed by atoms with Crippen LogP contribution < -0.4 is 0 Å². The highest BCUT2D eigenvalue weighted by atomic mass is 14.5. The second-order valence-corrected chi connectivity index (χ2v) is 10.3. The lowest BCUT2D eigenvalue weighted by atomic mass is 9.67. The normalized spacial score (nSPS) is 13.3. The zero-order chi connectivity index (χ0) is 24.7. The van der Waals surface area contributed by atoms with Crippen LogP contribution in [0.25, 0.3) is 11.1 Å². The molecular weight excluding hydrogens is 432 g/mol. The summed E-state index contributed by atoms with van der Waals surface area (Å²) in [6.07, 6.45) is 2.00. The highest BCUT2D eigenvalue weighted by Crippen LogP contribution is 2.55. The predicted octanol–water partition coefficient (Wildman–Crippen LogP) is 8.82. The molecule has 0 unspecified atom stereocenters. The van der Waals surface area contributed by atoms with Gasteiger partial charge in [0, 0.05) is 0 Å². The fourth-order valence-electron chi connectivity index (χ4n) is 6.29. The van der Waals surface area contributed by atoms with Crippen molar-refractivity contribution in [3.8, 4) is 11.1 Å². The first-order valence-corrected chi connectivity index (χ1v) is 13.0. The fourth-order valence-corrected chi connectivity index (χ4v) is 6.29. The van der Waals surface area contributed by atoms with E-state index in [9.17, 15) is 0 Å². The van der Waals surface area contributed by atoms with E-state index < -0.39 is 0 Å². The predicted molar refractivity (Wildman–Crippen MR) is 152 cm³/mol. The van der Waals surface area contributed by atoms with E-state index in [1.165, 1.54) is 61.2 Å². The van der Waals surface area contributed by atoms with Crippen LogP contribution in [0, 0.1) is 13.8 Å². The van der Waals surface area contributed by atoms with Gasteiger partial charge in [0.25, 0.3) is 0 Å². The van der Waals surface area contributed by atoms with E-state index in [2.05, 4.69) is 136 Å². The van der Waals surface area contributed by atoms with Gasteiger partial charge in [0.15, 0.2) is 0 Å². The van der Waals surface area contributed by atoms with Gasteiger partial charge in [-0.1, -0.05) is 133 Å². The van der Waals surface area contributed by atoms with Gasteiger partial charge in [-0.05, 0) is 76.8 Å². The molecule has 176 valence electrons. The molecular formula is C36H32.